The third-order valence-electron chi connectivity index (χ3n) is 5.18. The van der Waals surface area contributed by atoms with Gasteiger partial charge in [0.25, 0.3) is 0 Å². The van der Waals surface area contributed by atoms with Crippen molar-refractivity contribution in [2.45, 2.75) is 33.4 Å². The maximum absolute atomic E-state index is 13.5. The number of para-hydroxylation sites is 1. The number of carbonyl (C=O) groups is 2. The molecule has 0 saturated carbocycles. The molecule has 0 aliphatic heterocycles. The highest BCUT2D eigenvalue weighted by molar-refractivity contribution is 7.90. The molecule has 0 aromatic heterocycles. The summed E-state index contributed by atoms with van der Waals surface area (Å²) >= 11 is 0. The summed E-state index contributed by atoms with van der Waals surface area (Å²) in [4.78, 5) is 27.6. The van der Waals surface area contributed by atoms with Gasteiger partial charge in [-0.15, -0.1) is 0 Å². The van der Waals surface area contributed by atoms with E-state index in [2.05, 4.69) is 5.32 Å². The van der Waals surface area contributed by atoms with Crippen LogP contribution in [0.3, 0.4) is 0 Å². The first-order valence-corrected chi connectivity index (χ1v) is 12.4. The molecule has 0 fully saturated rings. The summed E-state index contributed by atoms with van der Waals surface area (Å²) in [5.74, 6) is -1.12. The van der Waals surface area contributed by atoms with Gasteiger partial charge in [0.1, 0.15) is 18.4 Å². The van der Waals surface area contributed by atoms with Crippen molar-refractivity contribution < 1.29 is 22.4 Å². The van der Waals surface area contributed by atoms with Crippen molar-refractivity contribution in [3.63, 3.8) is 0 Å². The number of halogens is 1. The van der Waals surface area contributed by atoms with Crippen molar-refractivity contribution in [1.82, 2.24) is 14.5 Å². The highest BCUT2D eigenvalue weighted by Crippen LogP contribution is 2.20. The molecule has 2 rings (SSSR count). The van der Waals surface area contributed by atoms with E-state index >= 15 is 0 Å². The summed E-state index contributed by atoms with van der Waals surface area (Å²) in [5.41, 5.74) is 0.934. The second kappa shape index (κ2) is 11.9. The summed E-state index contributed by atoms with van der Waals surface area (Å²) in [6, 6.07) is 13.0. The Labute approximate surface area is 201 Å². The molecule has 34 heavy (non-hydrogen) atoms. The molecule has 0 aliphatic carbocycles. The van der Waals surface area contributed by atoms with E-state index in [1.54, 1.807) is 37.3 Å². The van der Waals surface area contributed by atoms with Gasteiger partial charge in [-0.3, -0.25) is 9.59 Å². The molecular formula is C24H33FN4O4S. The highest BCUT2D eigenvalue weighted by Gasteiger charge is 2.32. The predicted molar refractivity (Wildman–Crippen MR) is 131 cm³/mol. The van der Waals surface area contributed by atoms with Crippen LogP contribution in [0, 0.1) is 11.7 Å². The Morgan fingerprint density at radius 1 is 0.971 bits per heavy atom. The van der Waals surface area contributed by atoms with E-state index in [0.717, 1.165) is 8.61 Å². The van der Waals surface area contributed by atoms with Crippen LogP contribution in [0.1, 0.15) is 26.3 Å². The number of hydrogen-bond acceptors (Lipinski definition) is 4. The molecular weight excluding hydrogens is 459 g/mol. The normalized spacial score (nSPS) is 12.5. The Morgan fingerprint density at radius 2 is 1.56 bits per heavy atom. The number of benzene rings is 2. The van der Waals surface area contributed by atoms with Gasteiger partial charge in [-0.2, -0.15) is 12.7 Å². The van der Waals surface area contributed by atoms with E-state index < -0.39 is 34.5 Å². The molecule has 0 heterocycles. The zero-order chi connectivity index (χ0) is 25.5. The third-order valence-corrected chi connectivity index (χ3v) is 7.00. The zero-order valence-corrected chi connectivity index (χ0v) is 21.0. The number of rotatable bonds is 11. The predicted octanol–water partition coefficient (Wildman–Crippen LogP) is 2.63. The quantitative estimate of drug-likeness (QED) is 0.522. The lowest BCUT2D eigenvalue weighted by atomic mass is 10.1. The van der Waals surface area contributed by atoms with Gasteiger partial charge in [0.15, 0.2) is 0 Å². The number of nitrogens with zero attached hydrogens (tertiary/aromatic N) is 3. The molecule has 2 aromatic carbocycles. The molecule has 1 atom stereocenters. The third kappa shape index (κ3) is 7.26. The van der Waals surface area contributed by atoms with Crippen LogP contribution in [0.4, 0.5) is 10.1 Å². The smallest absolute Gasteiger partial charge is 0.304 e. The molecule has 0 bridgehead atoms. The standard InChI is InChI=1S/C24H33FN4O4S/c1-18(2)15-26-24(31)19(3)28(16-20-11-13-21(25)14-12-20)23(30)17-29(34(32,33)27(4)5)22-9-7-6-8-10-22/h6-14,18-19H,15-17H2,1-5H3,(H,26,31). The zero-order valence-electron chi connectivity index (χ0n) is 20.2. The topological polar surface area (TPSA) is 90.0 Å². The van der Waals surface area contributed by atoms with E-state index in [4.69, 9.17) is 0 Å². The largest absolute Gasteiger partial charge is 0.354 e. The number of amides is 2. The molecule has 0 radical (unpaired) electrons. The Kier molecular flexibility index (Phi) is 9.57. The first kappa shape index (κ1) is 27.3. The monoisotopic (exact) mass is 492 g/mol. The lowest BCUT2D eigenvalue weighted by molar-refractivity contribution is -0.139. The molecule has 8 nitrogen and oxygen atoms in total. The summed E-state index contributed by atoms with van der Waals surface area (Å²) in [6.45, 7) is 5.44. The Morgan fingerprint density at radius 3 is 2.09 bits per heavy atom. The van der Waals surface area contributed by atoms with E-state index in [0.29, 0.717) is 17.8 Å². The first-order chi connectivity index (χ1) is 15.9. The minimum atomic E-state index is -4.00. The van der Waals surface area contributed by atoms with E-state index in [1.165, 1.54) is 43.3 Å². The molecule has 0 spiro atoms. The van der Waals surface area contributed by atoms with E-state index in [-0.39, 0.29) is 18.4 Å². The van der Waals surface area contributed by atoms with Gasteiger partial charge in [-0.25, -0.2) is 8.70 Å². The van der Waals surface area contributed by atoms with Gasteiger partial charge < -0.3 is 10.2 Å². The number of carbonyl (C=O) groups excluding carboxylic acids is 2. The van der Waals surface area contributed by atoms with E-state index in [1.807, 2.05) is 13.8 Å². The van der Waals surface area contributed by atoms with Gasteiger partial charge >= 0.3 is 10.2 Å². The van der Waals surface area contributed by atoms with Crippen LogP contribution in [-0.2, 0) is 26.3 Å². The number of anilines is 1. The molecule has 1 N–H and O–H groups in total. The Bertz CT molecular complexity index is 1060. The minimum absolute atomic E-state index is 0.0139. The van der Waals surface area contributed by atoms with Gasteiger partial charge in [0, 0.05) is 27.2 Å². The van der Waals surface area contributed by atoms with Crippen LogP contribution in [0.15, 0.2) is 54.6 Å². The second-order valence-corrected chi connectivity index (χ2v) is 10.7. The van der Waals surface area contributed by atoms with Gasteiger partial charge in [0.05, 0.1) is 5.69 Å². The molecule has 10 heteroatoms. The number of hydrogen-bond donors (Lipinski definition) is 1. The van der Waals surface area contributed by atoms with Crippen molar-refractivity contribution >= 4 is 27.7 Å². The van der Waals surface area contributed by atoms with Crippen molar-refractivity contribution in [3.05, 3.63) is 66.0 Å². The fraction of sp³-hybridized carbons (Fsp3) is 0.417. The molecule has 0 aliphatic rings. The molecule has 2 amide bonds. The van der Waals surface area contributed by atoms with Crippen LogP contribution in [0.5, 0.6) is 0 Å². The lowest BCUT2D eigenvalue weighted by Crippen LogP contribution is -2.52. The van der Waals surface area contributed by atoms with Gasteiger partial charge in [-0.1, -0.05) is 44.2 Å². The Hall–Kier alpha value is -2.98. The fourth-order valence-electron chi connectivity index (χ4n) is 3.13. The van der Waals surface area contributed by atoms with Crippen molar-refractivity contribution in [2.24, 2.45) is 5.92 Å². The summed E-state index contributed by atoms with van der Waals surface area (Å²) in [7, 11) is -1.23. The summed E-state index contributed by atoms with van der Waals surface area (Å²) in [5, 5.41) is 2.81. The van der Waals surface area contributed by atoms with Crippen LogP contribution in [-0.4, -0.2) is 62.7 Å². The van der Waals surface area contributed by atoms with Crippen LogP contribution in [0.25, 0.3) is 0 Å². The molecule has 1 unspecified atom stereocenters. The van der Waals surface area contributed by atoms with Crippen molar-refractivity contribution in [2.75, 3.05) is 31.5 Å². The first-order valence-electron chi connectivity index (χ1n) is 11.0. The van der Waals surface area contributed by atoms with Gasteiger partial charge in [0.2, 0.25) is 11.8 Å². The SMILES string of the molecule is CC(C)CNC(=O)C(C)N(Cc1ccc(F)cc1)C(=O)CN(c1ccccc1)S(=O)(=O)N(C)C. The van der Waals surface area contributed by atoms with Crippen LogP contribution in [0.2, 0.25) is 0 Å². The van der Waals surface area contributed by atoms with Crippen LogP contribution < -0.4 is 9.62 Å². The summed E-state index contributed by atoms with van der Waals surface area (Å²) < 4.78 is 41.5. The highest BCUT2D eigenvalue weighted by atomic mass is 32.2. The van der Waals surface area contributed by atoms with Gasteiger partial charge in [-0.05, 0) is 42.7 Å². The summed E-state index contributed by atoms with van der Waals surface area (Å²) in [6.07, 6.45) is 0. The van der Waals surface area contributed by atoms with Crippen molar-refractivity contribution in [3.8, 4) is 0 Å². The molecule has 186 valence electrons. The lowest BCUT2D eigenvalue weighted by Gasteiger charge is -2.33. The average molecular weight is 493 g/mol. The second-order valence-electron chi connectivity index (χ2n) is 8.60. The Balaban J connectivity index is 2.39. The van der Waals surface area contributed by atoms with E-state index in [9.17, 15) is 22.4 Å². The van der Waals surface area contributed by atoms with Crippen LogP contribution >= 0.6 is 0 Å². The maximum Gasteiger partial charge on any atom is 0.304 e. The maximum atomic E-state index is 13.5. The fourth-order valence-corrected chi connectivity index (χ4v) is 4.19. The van der Waals surface area contributed by atoms with Crippen molar-refractivity contribution in [1.29, 1.82) is 0 Å². The molecule has 0 saturated heterocycles. The average Bonchev–Trinajstić information content (AvgIpc) is 2.80. The minimum Gasteiger partial charge on any atom is -0.354 e. The number of nitrogens with one attached hydrogen (secondary N) is 1. The molecule has 2 aromatic rings.